The van der Waals surface area contributed by atoms with Crippen LogP contribution in [0.4, 0.5) is 0 Å². The molecule has 0 aliphatic carbocycles. The fourth-order valence-corrected chi connectivity index (χ4v) is 2.43. The topological polar surface area (TPSA) is 78.5 Å². The smallest absolute Gasteiger partial charge is 0.239 e. The summed E-state index contributed by atoms with van der Waals surface area (Å²) in [5.74, 6) is -0.0360. The zero-order chi connectivity index (χ0) is 12.2. The van der Waals surface area contributed by atoms with Crippen LogP contribution < -0.4 is 10.0 Å². The van der Waals surface area contributed by atoms with E-state index in [1.54, 1.807) is 11.9 Å². The van der Waals surface area contributed by atoms with Gasteiger partial charge in [-0.2, -0.15) is 0 Å². The van der Waals surface area contributed by atoms with Gasteiger partial charge in [-0.15, -0.1) is 0 Å². The standard InChI is InChI=1S/C9H19N3O3S/c1-10-8-4-3-5-12(9(8)13)6-7-16(14,15)11-2/h8,10-11H,3-7H2,1-2H3. The van der Waals surface area contributed by atoms with Crippen molar-refractivity contribution >= 4 is 15.9 Å². The number of hydrogen-bond acceptors (Lipinski definition) is 4. The Hall–Kier alpha value is -0.660. The lowest BCUT2D eigenvalue weighted by atomic mass is 10.1. The second-order valence-electron chi connectivity index (χ2n) is 3.83. The van der Waals surface area contributed by atoms with Gasteiger partial charge in [0.15, 0.2) is 0 Å². The van der Waals surface area contributed by atoms with Crippen molar-refractivity contribution in [2.75, 3.05) is 32.9 Å². The highest BCUT2D eigenvalue weighted by Crippen LogP contribution is 2.11. The number of likely N-dealkylation sites (N-methyl/N-ethyl adjacent to an activating group) is 1. The predicted molar refractivity (Wildman–Crippen MR) is 61.5 cm³/mol. The first-order valence-corrected chi connectivity index (χ1v) is 7.02. The Labute approximate surface area is 96.4 Å². The first-order chi connectivity index (χ1) is 7.50. The molecule has 1 heterocycles. The van der Waals surface area contributed by atoms with E-state index in [0.29, 0.717) is 6.54 Å². The van der Waals surface area contributed by atoms with Crippen LogP contribution in [0.1, 0.15) is 12.8 Å². The van der Waals surface area contributed by atoms with Crippen molar-refractivity contribution in [3.05, 3.63) is 0 Å². The van der Waals surface area contributed by atoms with E-state index in [4.69, 9.17) is 0 Å². The number of carbonyl (C=O) groups is 1. The van der Waals surface area contributed by atoms with Crippen molar-refractivity contribution in [3.63, 3.8) is 0 Å². The summed E-state index contributed by atoms with van der Waals surface area (Å²) in [6.45, 7) is 0.913. The maximum absolute atomic E-state index is 11.8. The average Bonchev–Trinajstić information content (AvgIpc) is 2.28. The molecule has 1 atom stereocenters. The summed E-state index contributed by atoms with van der Waals surface area (Å²) in [5, 5.41) is 2.94. The lowest BCUT2D eigenvalue weighted by Gasteiger charge is -2.31. The normalized spacial score (nSPS) is 22.5. The molecule has 1 amide bonds. The van der Waals surface area contributed by atoms with Gasteiger partial charge in [-0.25, -0.2) is 13.1 Å². The summed E-state index contributed by atoms with van der Waals surface area (Å²) in [4.78, 5) is 13.4. The summed E-state index contributed by atoms with van der Waals surface area (Å²) in [6, 6.07) is -0.161. The van der Waals surface area contributed by atoms with E-state index in [1.807, 2.05) is 0 Å². The van der Waals surface area contributed by atoms with Crippen LogP contribution in [0.25, 0.3) is 0 Å². The third-order valence-electron chi connectivity index (χ3n) is 2.82. The van der Waals surface area contributed by atoms with Crippen LogP contribution in [-0.4, -0.2) is 58.2 Å². The van der Waals surface area contributed by atoms with Gasteiger partial charge in [0.05, 0.1) is 11.8 Å². The van der Waals surface area contributed by atoms with Crippen molar-refractivity contribution in [1.29, 1.82) is 0 Å². The van der Waals surface area contributed by atoms with E-state index >= 15 is 0 Å². The van der Waals surface area contributed by atoms with Crippen LogP contribution in [0, 0.1) is 0 Å². The zero-order valence-corrected chi connectivity index (χ0v) is 10.5. The molecule has 16 heavy (non-hydrogen) atoms. The minimum Gasteiger partial charge on any atom is -0.340 e. The van der Waals surface area contributed by atoms with E-state index < -0.39 is 10.0 Å². The van der Waals surface area contributed by atoms with Crippen molar-refractivity contribution in [2.45, 2.75) is 18.9 Å². The molecule has 1 aliphatic rings. The zero-order valence-electron chi connectivity index (χ0n) is 9.69. The van der Waals surface area contributed by atoms with Gasteiger partial charge in [0, 0.05) is 13.1 Å². The molecular formula is C9H19N3O3S. The molecule has 0 aromatic carbocycles. The summed E-state index contributed by atoms with van der Waals surface area (Å²) in [6.07, 6.45) is 1.74. The Balaban J connectivity index is 2.51. The maximum atomic E-state index is 11.8. The summed E-state index contributed by atoms with van der Waals surface area (Å²) in [7, 11) is -0.106. The molecule has 0 bridgehead atoms. The Morgan fingerprint density at radius 2 is 2.12 bits per heavy atom. The Morgan fingerprint density at radius 1 is 1.44 bits per heavy atom. The Kier molecular flexibility index (Phi) is 4.69. The summed E-state index contributed by atoms with van der Waals surface area (Å²) >= 11 is 0. The number of hydrogen-bond donors (Lipinski definition) is 2. The highest BCUT2D eigenvalue weighted by Gasteiger charge is 2.27. The molecule has 1 unspecified atom stereocenters. The van der Waals surface area contributed by atoms with Gasteiger partial charge in [0.25, 0.3) is 0 Å². The highest BCUT2D eigenvalue weighted by atomic mass is 32.2. The monoisotopic (exact) mass is 249 g/mol. The van der Waals surface area contributed by atoms with E-state index in [2.05, 4.69) is 10.0 Å². The first-order valence-electron chi connectivity index (χ1n) is 5.37. The van der Waals surface area contributed by atoms with E-state index in [1.165, 1.54) is 7.05 Å². The van der Waals surface area contributed by atoms with Crippen molar-refractivity contribution in [3.8, 4) is 0 Å². The van der Waals surface area contributed by atoms with Crippen LogP contribution in [0.3, 0.4) is 0 Å². The maximum Gasteiger partial charge on any atom is 0.239 e. The Bertz CT molecular complexity index is 342. The summed E-state index contributed by atoms with van der Waals surface area (Å²) < 4.78 is 24.7. The molecule has 1 rings (SSSR count). The van der Waals surface area contributed by atoms with Gasteiger partial charge in [-0.1, -0.05) is 0 Å². The molecule has 6 nitrogen and oxygen atoms in total. The van der Waals surface area contributed by atoms with Crippen molar-refractivity contribution < 1.29 is 13.2 Å². The van der Waals surface area contributed by atoms with E-state index in [9.17, 15) is 13.2 Å². The highest BCUT2D eigenvalue weighted by molar-refractivity contribution is 7.89. The average molecular weight is 249 g/mol. The molecule has 7 heteroatoms. The van der Waals surface area contributed by atoms with Crippen molar-refractivity contribution in [1.82, 2.24) is 14.9 Å². The number of carbonyl (C=O) groups excluding carboxylic acids is 1. The second kappa shape index (κ2) is 5.60. The number of piperidine rings is 1. The molecule has 0 aromatic rings. The Morgan fingerprint density at radius 3 is 2.69 bits per heavy atom. The van der Waals surface area contributed by atoms with Crippen LogP contribution in [0.5, 0.6) is 0 Å². The third-order valence-corrected chi connectivity index (χ3v) is 4.16. The largest absolute Gasteiger partial charge is 0.340 e. The van der Waals surface area contributed by atoms with Gasteiger partial charge >= 0.3 is 0 Å². The van der Waals surface area contributed by atoms with Crippen LogP contribution in [-0.2, 0) is 14.8 Å². The van der Waals surface area contributed by atoms with Crippen LogP contribution >= 0.6 is 0 Å². The first kappa shape index (κ1) is 13.4. The van der Waals surface area contributed by atoms with Crippen LogP contribution in [0.2, 0.25) is 0 Å². The molecule has 0 saturated carbocycles. The van der Waals surface area contributed by atoms with Gasteiger partial charge < -0.3 is 10.2 Å². The molecule has 0 radical (unpaired) electrons. The predicted octanol–water partition coefficient (Wildman–Crippen LogP) is -1.25. The molecule has 1 fully saturated rings. The quantitative estimate of drug-likeness (QED) is 0.638. The number of sulfonamides is 1. The fourth-order valence-electron chi connectivity index (χ4n) is 1.76. The van der Waals surface area contributed by atoms with E-state index in [-0.39, 0.29) is 24.2 Å². The summed E-state index contributed by atoms with van der Waals surface area (Å²) in [5.41, 5.74) is 0. The van der Waals surface area contributed by atoms with Crippen LogP contribution in [0.15, 0.2) is 0 Å². The number of nitrogens with one attached hydrogen (secondary N) is 2. The lowest BCUT2D eigenvalue weighted by Crippen LogP contribution is -2.51. The number of likely N-dealkylation sites (tertiary alicyclic amines) is 1. The number of rotatable bonds is 5. The number of amides is 1. The van der Waals surface area contributed by atoms with Gasteiger partial charge in [0.2, 0.25) is 15.9 Å². The molecule has 0 spiro atoms. The SMILES string of the molecule is CNC1CCCN(CCS(=O)(=O)NC)C1=O. The lowest BCUT2D eigenvalue weighted by molar-refractivity contribution is -0.135. The molecular weight excluding hydrogens is 230 g/mol. The molecule has 0 aromatic heterocycles. The van der Waals surface area contributed by atoms with Gasteiger partial charge in [0.1, 0.15) is 0 Å². The molecule has 2 N–H and O–H groups in total. The minimum atomic E-state index is -3.23. The van der Waals surface area contributed by atoms with E-state index in [0.717, 1.165) is 12.8 Å². The molecule has 94 valence electrons. The van der Waals surface area contributed by atoms with Gasteiger partial charge in [-0.05, 0) is 26.9 Å². The minimum absolute atomic E-state index is 0.0000491. The molecule has 1 aliphatic heterocycles. The van der Waals surface area contributed by atoms with Crippen molar-refractivity contribution in [2.24, 2.45) is 0 Å². The molecule has 1 saturated heterocycles. The number of nitrogens with zero attached hydrogens (tertiary/aromatic N) is 1. The van der Waals surface area contributed by atoms with Gasteiger partial charge in [-0.3, -0.25) is 4.79 Å². The fraction of sp³-hybridized carbons (Fsp3) is 0.889. The second-order valence-corrected chi connectivity index (χ2v) is 5.88. The third kappa shape index (κ3) is 3.43.